The molecule has 0 aliphatic carbocycles. The molecule has 1 N–H and O–H groups in total. The van der Waals surface area contributed by atoms with Crippen molar-refractivity contribution in [2.24, 2.45) is 0 Å². The number of benzene rings is 2. The second kappa shape index (κ2) is 9.43. The van der Waals surface area contributed by atoms with Gasteiger partial charge in [-0.1, -0.05) is 30.3 Å². The minimum atomic E-state index is -1.08. The van der Waals surface area contributed by atoms with Crippen molar-refractivity contribution < 1.29 is 28.9 Å². The van der Waals surface area contributed by atoms with Gasteiger partial charge < -0.3 is 24.2 Å². The van der Waals surface area contributed by atoms with Crippen molar-refractivity contribution in [2.75, 3.05) is 26.4 Å². The zero-order valence-electron chi connectivity index (χ0n) is 16.5. The zero-order valence-corrected chi connectivity index (χ0v) is 16.5. The molecule has 1 aliphatic heterocycles. The number of carbonyl (C=O) groups is 2. The lowest BCUT2D eigenvalue weighted by Crippen LogP contribution is -2.48. The first-order valence-electron chi connectivity index (χ1n) is 9.58. The van der Waals surface area contributed by atoms with Gasteiger partial charge in [-0.3, -0.25) is 4.79 Å². The molecule has 1 amide bonds. The van der Waals surface area contributed by atoms with Crippen LogP contribution in [-0.2, 0) is 9.53 Å². The lowest BCUT2D eigenvalue weighted by Gasteiger charge is -2.38. The van der Waals surface area contributed by atoms with Crippen LogP contribution in [0.2, 0.25) is 0 Å². The Labute approximate surface area is 169 Å². The summed E-state index contributed by atoms with van der Waals surface area (Å²) < 4.78 is 16.7. The summed E-state index contributed by atoms with van der Waals surface area (Å²) >= 11 is 0. The normalized spacial score (nSPS) is 18.9. The van der Waals surface area contributed by atoms with Crippen LogP contribution >= 0.6 is 0 Å². The smallest absolute Gasteiger partial charge is 0.341 e. The summed E-state index contributed by atoms with van der Waals surface area (Å²) in [4.78, 5) is 25.8. The number of hydrogen-bond acceptors (Lipinski definition) is 5. The molecule has 3 rings (SSSR count). The van der Waals surface area contributed by atoms with E-state index in [1.807, 2.05) is 44.2 Å². The molecule has 2 aromatic rings. The quantitative estimate of drug-likeness (QED) is 0.770. The number of carboxylic acid groups (broad SMARTS) is 1. The van der Waals surface area contributed by atoms with Crippen molar-refractivity contribution in [3.63, 3.8) is 0 Å². The van der Waals surface area contributed by atoms with Gasteiger partial charge in [-0.25, -0.2) is 4.79 Å². The van der Waals surface area contributed by atoms with Gasteiger partial charge in [0.1, 0.15) is 6.10 Å². The first-order valence-corrected chi connectivity index (χ1v) is 9.58. The number of amides is 1. The third-order valence-electron chi connectivity index (χ3n) is 4.71. The lowest BCUT2D eigenvalue weighted by atomic mass is 10.0. The number of hydrogen-bond donors (Lipinski definition) is 1. The summed E-state index contributed by atoms with van der Waals surface area (Å²) in [6, 6.07) is 14.6. The van der Waals surface area contributed by atoms with Crippen molar-refractivity contribution in [3.8, 4) is 11.5 Å². The number of carboxylic acids is 1. The Morgan fingerprint density at radius 1 is 1.14 bits per heavy atom. The number of morpholine rings is 1. The Morgan fingerprint density at radius 3 is 2.59 bits per heavy atom. The molecule has 0 unspecified atom stereocenters. The van der Waals surface area contributed by atoms with Gasteiger partial charge in [-0.15, -0.1) is 0 Å². The van der Waals surface area contributed by atoms with Crippen LogP contribution in [0.4, 0.5) is 0 Å². The van der Waals surface area contributed by atoms with Gasteiger partial charge in [0.15, 0.2) is 18.1 Å². The van der Waals surface area contributed by atoms with Crippen LogP contribution in [0.5, 0.6) is 11.5 Å². The fraction of sp³-hybridized carbons (Fsp3) is 0.364. The largest absolute Gasteiger partial charge is 0.490 e. The van der Waals surface area contributed by atoms with Crippen LogP contribution in [0.3, 0.4) is 0 Å². The molecule has 7 heteroatoms. The van der Waals surface area contributed by atoms with Crippen LogP contribution < -0.4 is 9.47 Å². The second-order valence-corrected chi connectivity index (χ2v) is 6.82. The summed E-state index contributed by atoms with van der Waals surface area (Å²) in [7, 11) is 0. The molecule has 1 aliphatic rings. The van der Waals surface area contributed by atoms with Crippen molar-refractivity contribution in [1.29, 1.82) is 0 Å². The van der Waals surface area contributed by atoms with Gasteiger partial charge in [-0.05, 0) is 37.6 Å². The van der Waals surface area contributed by atoms with E-state index in [0.717, 1.165) is 5.56 Å². The van der Waals surface area contributed by atoms with E-state index in [1.54, 1.807) is 23.1 Å². The maximum Gasteiger partial charge on any atom is 0.341 e. The van der Waals surface area contributed by atoms with E-state index in [4.69, 9.17) is 19.3 Å². The minimum Gasteiger partial charge on any atom is -0.490 e. The molecule has 2 aromatic carbocycles. The van der Waals surface area contributed by atoms with Crippen molar-refractivity contribution >= 4 is 11.9 Å². The predicted molar refractivity (Wildman–Crippen MR) is 106 cm³/mol. The Kier molecular flexibility index (Phi) is 6.72. The molecule has 154 valence electrons. The van der Waals surface area contributed by atoms with E-state index in [1.165, 1.54) is 0 Å². The molecule has 7 nitrogen and oxygen atoms in total. The van der Waals surface area contributed by atoms with E-state index in [-0.39, 0.29) is 18.1 Å². The summed E-state index contributed by atoms with van der Waals surface area (Å²) in [5.74, 6) is -0.572. The molecule has 0 radical (unpaired) electrons. The van der Waals surface area contributed by atoms with E-state index in [9.17, 15) is 9.59 Å². The number of carbonyl (C=O) groups excluding carboxylic acids is 1. The number of aliphatic carboxylic acids is 1. The van der Waals surface area contributed by atoms with Crippen molar-refractivity contribution in [2.45, 2.75) is 26.0 Å². The number of rotatable bonds is 7. The second-order valence-electron chi connectivity index (χ2n) is 6.82. The highest BCUT2D eigenvalue weighted by Crippen LogP contribution is 2.31. The Balaban J connectivity index is 1.80. The van der Waals surface area contributed by atoms with Crippen molar-refractivity contribution in [1.82, 2.24) is 4.90 Å². The average Bonchev–Trinajstić information content (AvgIpc) is 2.73. The van der Waals surface area contributed by atoms with Crippen LogP contribution in [0, 0.1) is 0 Å². The molecule has 0 spiro atoms. The number of ether oxygens (including phenoxy) is 3. The first kappa shape index (κ1) is 20.7. The van der Waals surface area contributed by atoms with Gasteiger partial charge in [0, 0.05) is 5.56 Å². The van der Waals surface area contributed by atoms with E-state index in [2.05, 4.69) is 0 Å². The molecular formula is C22H25NO6. The van der Waals surface area contributed by atoms with Crippen LogP contribution in [-0.4, -0.2) is 54.3 Å². The molecular weight excluding hydrogens is 374 g/mol. The molecule has 1 fully saturated rings. The molecule has 0 bridgehead atoms. The lowest BCUT2D eigenvalue weighted by molar-refractivity contribution is -0.139. The van der Waals surface area contributed by atoms with E-state index < -0.39 is 12.6 Å². The van der Waals surface area contributed by atoms with E-state index in [0.29, 0.717) is 36.8 Å². The number of nitrogens with zero attached hydrogens (tertiary/aromatic N) is 1. The van der Waals surface area contributed by atoms with E-state index >= 15 is 0 Å². The van der Waals surface area contributed by atoms with Crippen molar-refractivity contribution in [3.05, 3.63) is 59.7 Å². The zero-order chi connectivity index (χ0) is 20.8. The average molecular weight is 399 g/mol. The fourth-order valence-electron chi connectivity index (χ4n) is 3.24. The SMILES string of the molecule is CCOc1cc(C(=O)N2C[C@H](c3ccccc3)OC[C@H]2C)ccc1OCC(=O)O. The summed E-state index contributed by atoms with van der Waals surface area (Å²) in [6.07, 6.45) is -0.180. The maximum absolute atomic E-state index is 13.2. The highest BCUT2D eigenvalue weighted by molar-refractivity contribution is 5.95. The predicted octanol–water partition coefficient (Wildman–Crippen LogP) is 3.15. The molecule has 1 heterocycles. The summed E-state index contributed by atoms with van der Waals surface area (Å²) in [6.45, 7) is 4.54. The molecule has 1 saturated heterocycles. The molecule has 2 atom stereocenters. The van der Waals surface area contributed by atoms with Gasteiger partial charge in [0.05, 0.1) is 25.8 Å². The van der Waals surface area contributed by atoms with Crippen LogP contribution in [0.25, 0.3) is 0 Å². The maximum atomic E-state index is 13.2. The molecule has 29 heavy (non-hydrogen) atoms. The Bertz CT molecular complexity index is 854. The summed E-state index contributed by atoms with van der Waals surface area (Å²) in [5.41, 5.74) is 1.49. The van der Waals surface area contributed by atoms with Gasteiger partial charge in [0.2, 0.25) is 0 Å². The monoisotopic (exact) mass is 399 g/mol. The third-order valence-corrected chi connectivity index (χ3v) is 4.71. The van der Waals surface area contributed by atoms with Crippen LogP contribution in [0.1, 0.15) is 35.9 Å². The Morgan fingerprint density at radius 2 is 1.90 bits per heavy atom. The highest BCUT2D eigenvalue weighted by Gasteiger charge is 2.31. The Hall–Kier alpha value is -3.06. The first-order chi connectivity index (χ1) is 14.0. The van der Waals surface area contributed by atoms with Gasteiger partial charge in [-0.2, -0.15) is 0 Å². The minimum absolute atomic E-state index is 0.0686. The fourth-order valence-corrected chi connectivity index (χ4v) is 3.24. The highest BCUT2D eigenvalue weighted by atomic mass is 16.5. The standard InChI is InChI=1S/C22H25NO6/c1-3-27-19-11-17(9-10-18(19)29-14-21(24)25)22(26)23-12-20(28-13-15(23)2)16-7-5-4-6-8-16/h4-11,15,20H,3,12-14H2,1-2H3,(H,24,25)/t15-,20-/m1/s1. The van der Waals surface area contributed by atoms with Gasteiger partial charge in [0.25, 0.3) is 5.91 Å². The topological polar surface area (TPSA) is 85.3 Å². The van der Waals surface area contributed by atoms with Gasteiger partial charge >= 0.3 is 5.97 Å². The molecule has 0 aromatic heterocycles. The molecule has 0 saturated carbocycles. The van der Waals surface area contributed by atoms with Crippen LogP contribution in [0.15, 0.2) is 48.5 Å². The third kappa shape index (κ3) is 5.06. The summed E-state index contributed by atoms with van der Waals surface area (Å²) in [5, 5.41) is 8.82.